The summed E-state index contributed by atoms with van der Waals surface area (Å²) in [5.74, 6) is -0.505. The molecule has 6 nitrogen and oxygen atoms in total. The summed E-state index contributed by atoms with van der Waals surface area (Å²) in [4.78, 5) is 38.8. The Morgan fingerprint density at radius 3 is 2.53 bits per heavy atom. The molecule has 3 rings (SSSR count). The minimum atomic E-state index is -0.402. The molecule has 1 fully saturated rings. The molecule has 2 aromatic rings. The van der Waals surface area contributed by atoms with Crippen LogP contribution in [0.3, 0.4) is 0 Å². The Morgan fingerprint density at radius 2 is 1.82 bits per heavy atom. The highest BCUT2D eigenvalue weighted by atomic mass is 32.2. The van der Waals surface area contributed by atoms with E-state index < -0.39 is 5.97 Å². The van der Waals surface area contributed by atoms with Crippen molar-refractivity contribution in [1.29, 1.82) is 0 Å². The second kappa shape index (κ2) is 12.5. The summed E-state index contributed by atoms with van der Waals surface area (Å²) in [6.07, 6.45) is 5.43. The predicted molar refractivity (Wildman–Crippen MR) is 141 cm³/mol. The first-order chi connectivity index (χ1) is 16.4. The highest BCUT2D eigenvalue weighted by Crippen LogP contribution is 2.32. The largest absolute Gasteiger partial charge is 0.465 e. The van der Waals surface area contributed by atoms with Gasteiger partial charge in [-0.1, -0.05) is 67.7 Å². The standard InChI is InChI=1S/C26H28N2O4S2/c1-3-19-9-6-7-10-21(19)27-23(29)11-5-4-8-16-28-24(30)22(34-26(28)33)17-18-12-14-20(15-13-18)25(31)32-2/h6-7,9-10,12-15,17H,3-5,8,11,16H2,1-2H3,(H,27,29). The van der Waals surface area contributed by atoms with E-state index in [0.29, 0.717) is 27.8 Å². The predicted octanol–water partition coefficient (Wildman–Crippen LogP) is 5.44. The number of hydrogen-bond acceptors (Lipinski definition) is 6. The Bertz CT molecular complexity index is 1100. The van der Waals surface area contributed by atoms with Gasteiger partial charge < -0.3 is 10.1 Å². The van der Waals surface area contributed by atoms with Crippen molar-refractivity contribution in [2.75, 3.05) is 19.0 Å². The molecule has 34 heavy (non-hydrogen) atoms. The number of para-hydroxylation sites is 1. The molecule has 1 aliphatic rings. The molecule has 0 bridgehead atoms. The van der Waals surface area contributed by atoms with E-state index in [1.807, 2.05) is 24.3 Å². The maximum atomic E-state index is 12.8. The summed E-state index contributed by atoms with van der Waals surface area (Å²) in [6.45, 7) is 2.60. The van der Waals surface area contributed by atoms with Crippen LogP contribution in [0.4, 0.5) is 5.69 Å². The quantitative estimate of drug-likeness (QED) is 0.204. The van der Waals surface area contributed by atoms with Crippen LogP contribution in [0.1, 0.15) is 54.1 Å². The van der Waals surface area contributed by atoms with Gasteiger partial charge in [0.1, 0.15) is 4.32 Å². The molecule has 0 aromatic heterocycles. The molecule has 0 atom stereocenters. The van der Waals surface area contributed by atoms with Crippen molar-refractivity contribution < 1.29 is 19.1 Å². The van der Waals surface area contributed by atoms with Gasteiger partial charge in [-0.3, -0.25) is 14.5 Å². The fraction of sp³-hybridized carbons (Fsp3) is 0.308. The lowest BCUT2D eigenvalue weighted by Crippen LogP contribution is -2.29. The lowest BCUT2D eigenvalue weighted by atomic mass is 10.1. The Labute approximate surface area is 209 Å². The molecular formula is C26H28N2O4S2. The van der Waals surface area contributed by atoms with E-state index in [4.69, 9.17) is 17.0 Å². The smallest absolute Gasteiger partial charge is 0.337 e. The van der Waals surface area contributed by atoms with E-state index in [-0.39, 0.29) is 11.8 Å². The molecule has 0 saturated carbocycles. The van der Waals surface area contributed by atoms with Crippen molar-refractivity contribution >= 4 is 57.8 Å². The Morgan fingerprint density at radius 1 is 1.09 bits per heavy atom. The number of unbranched alkanes of at least 4 members (excludes halogenated alkanes) is 2. The summed E-state index contributed by atoms with van der Waals surface area (Å²) >= 11 is 6.68. The van der Waals surface area contributed by atoms with E-state index in [1.54, 1.807) is 35.2 Å². The molecule has 8 heteroatoms. The van der Waals surface area contributed by atoms with Crippen molar-refractivity contribution in [3.8, 4) is 0 Å². The molecular weight excluding hydrogens is 468 g/mol. The number of nitrogens with one attached hydrogen (secondary N) is 1. The van der Waals surface area contributed by atoms with Crippen molar-refractivity contribution in [2.45, 2.75) is 39.0 Å². The van der Waals surface area contributed by atoms with Crippen LogP contribution in [0, 0.1) is 0 Å². The van der Waals surface area contributed by atoms with E-state index in [0.717, 1.165) is 42.5 Å². The number of rotatable bonds is 10. The number of hydrogen-bond donors (Lipinski definition) is 1. The van der Waals surface area contributed by atoms with Crippen LogP contribution < -0.4 is 5.32 Å². The molecule has 0 spiro atoms. The number of thioether (sulfide) groups is 1. The molecule has 178 valence electrons. The number of methoxy groups -OCH3 is 1. The second-order valence-corrected chi connectivity index (χ2v) is 9.49. The Balaban J connectivity index is 1.44. The zero-order valence-corrected chi connectivity index (χ0v) is 21.0. The Kier molecular flexibility index (Phi) is 9.42. The lowest BCUT2D eigenvalue weighted by Gasteiger charge is -2.14. The zero-order valence-electron chi connectivity index (χ0n) is 19.3. The van der Waals surface area contributed by atoms with Crippen LogP contribution in [-0.2, 0) is 20.7 Å². The third kappa shape index (κ3) is 6.77. The Hall–Kier alpha value is -2.97. The SMILES string of the molecule is CCc1ccccc1NC(=O)CCCCCN1C(=O)C(=Cc2ccc(C(=O)OC)cc2)SC1=S. The monoisotopic (exact) mass is 496 g/mol. The number of amides is 2. The average molecular weight is 497 g/mol. The van der Waals surface area contributed by atoms with Gasteiger partial charge in [-0.05, 0) is 54.7 Å². The van der Waals surface area contributed by atoms with E-state index in [2.05, 4.69) is 12.2 Å². The average Bonchev–Trinajstić information content (AvgIpc) is 3.11. The van der Waals surface area contributed by atoms with E-state index in [1.165, 1.54) is 18.9 Å². The number of nitrogens with zero attached hydrogens (tertiary/aromatic N) is 1. The highest BCUT2D eigenvalue weighted by Gasteiger charge is 2.31. The fourth-order valence-corrected chi connectivity index (χ4v) is 4.88. The van der Waals surface area contributed by atoms with Crippen molar-refractivity contribution in [3.63, 3.8) is 0 Å². The summed E-state index contributed by atoms with van der Waals surface area (Å²) < 4.78 is 5.24. The molecule has 2 aromatic carbocycles. The first-order valence-corrected chi connectivity index (χ1v) is 12.5. The number of thiocarbonyl (C=S) groups is 1. The van der Waals surface area contributed by atoms with Gasteiger partial charge in [-0.25, -0.2) is 4.79 Å². The van der Waals surface area contributed by atoms with Crippen molar-refractivity contribution in [2.24, 2.45) is 0 Å². The number of esters is 1. The van der Waals surface area contributed by atoms with E-state index >= 15 is 0 Å². The molecule has 1 aliphatic heterocycles. The fourth-order valence-electron chi connectivity index (χ4n) is 3.57. The maximum absolute atomic E-state index is 12.8. The van der Waals surface area contributed by atoms with Gasteiger partial charge in [0.25, 0.3) is 5.91 Å². The van der Waals surface area contributed by atoms with Gasteiger partial charge in [0.15, 0.2) is 0 Å². The van der Waals surface area contributed by atoms with Crippen LogP contribution in [-0.4, -0.2) is 40.7 Å². The summed E-state index contributed by atoms with van der Waals surface area (Å²) in [6, 6.07) is 14.7. The lowest BCUT2D eigenvalue weighted by molar-refractivity contribution is -0.122. The van der Waals surface area contributed by atoms with Crippen LogP contribution >= 0.6 is 24.0 Å². The third-order valence-corrected chi connectivity index (χ3v) is 6.84. The second-order valence-electron chi connectivity index (χ2n) is 7.82. The highest BCUT2D eigenvalue weighted by molar-refractivity contribution is 8.26. The van der Waals surface area contributed by atoms with Crippen LogP contribution in [0.15, 0.2) is 53.4 Å². The maximum Gasteiger partial charge on any atom is 0.337 e. The molecule has 1 saturated heterocycles. The number of anilines is 1. The van der Waals surface area contributed by atoms with Gasteiger partial charge in [-0.2, -0.15) is 0 Å². The minimum absolute atomic E-state index is 0.00710. The van der Waals surface area contributed by atoms with Gasteiger partial charge >= 0.3 is 5.97 Å². The van der Waals surface area contributed by atoms with Gasteiger partial charge in [0.05, 0.1) is 17.6 Å². The number of carbonyl (C=O) groups excluding carboxylic acids is 3. The summed E-state index contributed by atoms with van der Waals surface area (Å²) in [5, 5.41) is 2.99. The normalized spacial score (nSPS) is 14.5. The number of carbonyl (C=O) groups is 3. The van der Waals surface area contributed by atoms with Crippen molar-refractivity contribution in [3.05, 3.63) is 70.1 Å². The van der Waals surface area contributed by atoms with Gasteiger partial charge in [-0.15, -0.1) is 0 Å². The third-order valence-electron chi connectivity index (χ3n) is 5.46. The molecule has 0 radical (unpaired) electrons. The van der Waals surface area contributed by atoms with Crippen molar-refractivity contribution in [1.82, 2.24) is 4.90 Å². The number of benzene rings is 2. The topological polar surface area (TPSA) is 75.7 Å². The molecule has 1 N–H and O–H groups in total. The number of aryl methyl sites for hydroxylation is 1. The van der Waals surface area contributed by atoms with E-state index in [9.17, 15) is 14.4 Å². The van der Waals surface area contributed by atoms with Gasteiger partial charge in [0.2, 0.25) is 5.91 Å². The van der Waals surface area contributed by atoms with Gasteiger partial charge in [0, 0.05) is 18.7 Å². The minimum Gasteiger partial charge on any atom is -0.465 e. The number of ether oxygens (including phenoxy) is 1. The van der Waals surface area contributed by atoms with Crippen LogP contribution in [0.5, 0.6) is 0 Å². The molecule has 0 aliphatic carbocycles. The summed E-state index contributed by atoms with van der Waals surface area (Å²) in [5.41, 5.74) is 3.26. The first-order valence-electron chi connectivity index (χ1n) is 11.2. The summed E-state index contributed by atoms with van der Waals surface area (Å²) in [7, 11) is 1.34. The zero-order chi connectivity index (χ0) is 24.5. The molecule has 0 unspecified atom stereocenters. The first kappa shape index (κ1) is 25.6. The molecule has 2 amide bonds. The van der Waals surface area contributed by atoms with Crippen LogP contribution in [0.2, 0.25) is 0 Å². The molecule has 1 heterocycles. The van der Waals surface area contributed by atoms with Crippen LogP contribution in [0.25, 0.3) is 6.08 Å².